The molecular weight excluding hydrogens is 242 g/mol. The van der Waals surface area contributed by atoms with Crippen molar-refractivity contribution in [1.82, 2.24) is 9.47 Å². The zero-order chi connectivity index (χ0) is 13.8. The van der Waals surface area contributed by atoms with Crippen molar-refractivity contribution in [3.8, 4) is 0 Å². The number of rotatable bonds is 4. The van der Waals surface area contributed by atoms with E-state index in [-0.39, 0.29) is 17.7 Å². The number of piperidine rings is 1. The second-order valence-electron chi connectivity index (χ2n) is 5.17. The first-order chi connectivity index (χ1) is 9.08. The molecule has 2 heterocycles. The summed E-state index contributed by atoms with van der Waals surface area (Å²) >= 11 is 0. The molecular formula is C14H21N3O2. The lowest BCUT2D eigenvalue weighted by Gasteiger charge is -2.30. The summed E-state index contributed by atoms with van der Waals surface area (Å²) in [5.41, 5.74) is 6.45. The van der Waals surface area contributed by atoms with Crippen LogP contribution in [0.1, 0.15) is 25.0 Å². The van der Waals surface area contributed by atoms with E-state index < -0.39 is 0 Å². The molecule has 104 valence electrons. The molecule has 0 saturated carbocycles. The lowest BCUT2D eigenvalue weighted by molar-refractivity contribution is -0.134. The Bertz CT molecular complexity index is 459. The molecule has 0 spiro atoms. The second-order valence-corrected chi connectivity index (χ2v) is 5.17. The number of carbonyl (C=O) groups is 2. The maximum Gasteiger partial charge on any atom is 0.222 e. The average molecular weight is 263 g/mol. The van der Waals surface area contributed by atoms with Crippen molar-refractivity contribution in [1.29, 1.82) is 0 Å². The van der Waals surface area contributed by atoms with E-state index in [1.54, 1.807) is 0 Å². The van der Waals surface area contributed by atoms with Crippen molar-refractivity contribution < 1.29 is 9.59 Å². The molecule has 0 atom stereocenters. The monoisotopic (exact) mass is 263 g/mol. The SMILES string of the molecule is Cn1cccc1CCC(=O)N1CCC(C(N)=O)CC1. The van der Waals surface area contributed by atoms with Crippen molar-refractivity contribution in [2.75, 3.05) is 13.1 Å². The Labute approximate surface area is 113 Å². The molecule has 2 amide bonds. The van der Waals surface area contributed by atoms with E-state index in [9.17, 15) is 9.59 Å². The van der Waals surface area contributed by atoms with E-state index in [2.05, 4.69) is 0 Å². The van der Waals surface area contributed by atoms with Crippen molar-refractivity contribution >= 4 is 11.8 Å². The highest BCUT2D eigenvalue weighted by Crippen LogP contribution is 2.17. The molecule has 1 aromatic rings. The summed E-state index contributed by atoms with van der Waals surface area (Å²) in [6.45, 7) is 1.30. The van der Waals surface area contributed by atoms with Gasteiger partial charge in [-0.15, -0.1) is 0 Å². The van der Waals surface area contributed by atoms with Crippen molar-refractivity contribution in [2.45, 2.75) is 25.7 Å². The normalized spacial score (nSPS) is 16.6. The molecule has 5 nitrogen and oxygen atoms in total. The van der Waals surface area contributed by atoms with Crippen LogP contribution in [-0.2, 0) is 23.1 Å². The highest BCUT2D eigenvalue weighted by atomic mass is 16.2. The number of amides is 2. The number of aryl methyl sites for hydroxylation is 2. The Balaban J connectivity index is 1.79. The molecule has 0 bridgehead atoms. The number of nitrogens with two attached hydrogens (primary N) is 1. The molecule has 0 unspecified atom stereocenters. The van der Waals surface area contributed by atoms with Gasteiger partial charge in [-0.05, 0) is 31.4 Å². The van der Waals surface area contributed by atoms with Crippen LogP contribution in [-0.4, -0.2) is 34.4 Å². The topological polar surface area (TPSA) is 68.3 Å². The minimum atomic E-state index is -0.240. The van der Waals surface area contributed by atoms with Crippen LogP contribution >= 0.6 is 0 Å². The van der Waals surface area contributed by atoms with Crippen LogP contribution in [0, 0.1) is 5.92 Å². The molecule has 1 aromatic heterocycles. The summed E-state index contributed by atoms with van der Waals surface area (Å²) in [7, 11) is 1.98. The summed E-state index contributed by atoms with van der Waals surface area (Å²) in [6, 6.07) is 4.02. The quantitative estimate of drug-likeness (QED) is 0.868. The third kappa shape index (κ3) is 3.36. The van der Waals surface area contributed by atoms with Crippen LogP contribution in [0.2, 0.25) is 0 Å². The number of nitrogens with zero attached hydrogens (tertiary/aromatic N) is 2. The first kappa shape index (κ1) is 13.6. The fraction of sp³-hybridized carbons (Fsp3) is 0.571. The van der Waals surface area contributed by atoms with Gasteiger partial charge >= 0.3 is 0 Å². The zero-order valence-corrected chi connectivity index (χ0v) is 11.3. The van der Waals surface area contributed by atoms with Gasteiger partial charge < -0.3 is 15.2 Å². The summed E-state index contributed by atoms with van der Waals surface area (Å²) in [5, 5.41) is 0. The third-order valence-corrected chi connectivity index (χ3v) is 3.90. The first-order valence-electron chi connectivity index (χ1n) is 6.75. The van der Waals surface area contributed by atoms with Gasteiger partial charge in [0.25, 0.3) is 0 Å². The highest BCUT2D eigenvalue weighted by Gasteiger charge is 2.25. The van der Waals surface area contributed by atoms with Gasteiger partial charge in [-0.3, -0.25) is 9.59 Å². The minimum Gasteiger partial charge on any atom is -0.369 e. The molecule has 5 heteroatoms. The number of aromatic nitrogens is 1. The Kier molecular flexibility index (Phi) is 4.24. The molecule has 0 aliphatic carbocycles. The van der Waals surface area contributed by atoms with Gasteiger partial charge in [-0.25, -0.2) is 0 Å². The number of likely N-dealkylation sites (tertiary alicyclic amines) is 1. The van der Waals surface area contributed by atoms with Crippen LogP contribution in [0.25, 0.3) is 0 Å². The average Bonchev–Trinajstić information content (AvgIpc) is 2.81. The molecule has 1 fully saturated rings. The lowest BCUT2D eigenvalue weighted by Crippen LogP contribution is -2.41. The summed E-state index contributed by atoms with van der Waals surface area (Å²) in [5.74, 6) is -0.128. The lowest BCUT2D eigenvalue weighted by atomic mass is 9.96. The maximum absolute atomic E-state index is 12.1. The Morgan fingerprint density at radius 1 is 1.37 bits per heavy atom. The molecule has 1 aliphatic heterocycles. The van der Waals surface area contributed by atoms with Gasteiger partial charge in [0.2, 0.25) is 11.8 Å². The molecule has 19 heavy (non-hydrogen) atoms. The number of carbonyl (C=O) groups excluding carboxylic acids is 2. The Hall–Kier alpha value is -1.78. The van der Waals surface area contributed by atoms with E-state index in [1.807, 2.05) is 34.8 Å². The number of primary amides is 1. The Morgan fingerprint density at radius 3 is 2.58 bits per heavy atom. The van der Waals surface area contributed by atoms with Gasteiger partial charge in [0.1, 0.15) is 0 Å². The van der Waals surface area contributed by atoms with E-state index in [0.717, 1.165) is 6.42 Å². The standard InChI is InChI=1S/C14H21N3O2/c1-16-8-2-3-12(16)4-5-13(18)17-9-6-11(7-10-17)14(15)19/h2-3,8,11H,4-7,9-10H2,1H3,(H2,15,19). The summed E-state index contributed by atoms with van der Waals surface area (Å²) in [6.07, 6.45) is 4.67. The van der Waals surface area contributed by atoms with Gasteiger partial charge in [0, 0.05) is 44.4 Å². The van der Waals surface area contributed by atoms with Gasteiger partial charge in [0.15, 0.2) is 0 Å². The number of hydrogen-bond donors (Lipinski definition) is 1. The largest absolute Gasteiger partial charge is 0.369 e. The van der Waals surface area contributed by atoms with Crippen molar-refractivity contribution in [2.24, 2.45) is 18.7 Å². The van der Waals surface area contributed by atoms with Crippen LogP contribution < -0.4 is 5.73 Å². The van der Waals surface area contributed by atoms with Crippen LogP contribution in [0.4, 0.5) is 0 Å². The molecule has 1 saturated heterocycles. The first-order valence-corrected chi connectivity index (χ1v) is 6.75. The predicted molar refractivity (Wildman–Crippen MR) is 72.2 cm³/mol. The van der Waals surface area contributed by atoms with E-state index in [4.69, 9.17) is 5.73 Å². The van der Waals surface area contributed by atoms with Gasteiger partial charge in [-0.2, -0.15) is 0 Å². The summed E-state index contributed by atoms with van der Waals surface area (Å²) in [4.78, 5) is 25.0. The van der Waals surface area contributed by atoms with Crippen molar-refractivity contribution in [3.05, 3.63) is 24.0 Å². The van der Waals surface area contributed by atoms with Gasteiger partial charge in [-0.1, -0.05) is 0 Å². The third-order valence-electron chi connectivity index (χ3n) is 3.90. The molecule has 0 radical (unpaired) electrons. The molecule has 1 aliphatic rings. The fourth-order valence-electron chi connectivity index (χ4n) is 2.56. The molecule has 2 rings (SSSR count). The number of hydrogen-bond acceptors (Lipinski definition) is 2. The predicted octanol–water partition coefficient (Wildman–Crippen LogP) is 0.682. The van der Waals surface area contributed by atoms with E-state index in [0.29, 0.717) is 32.4 Å². The molecule has 0 aromatic carbocycles. The van der Waals surface area contributed by atoms with Crippen LogP contribution in [0.3, 0.4) is 0 Å². The fourth-order valence-corrected chi connectivity index (χ4v) is 2.56. The molecule has 2 N–H and O–H groups in total. The maximum atomic E-state index is 12.1. The van der Waals surface area contributed by atoms with Gasteiger partial charge in [0.05, 0.1) is 0 Å². The second kappa shape index (κ2) is 5.91. The van der Waals surface area contributed by atoms with E-state index >= 15 is 0 Å². The van der Waals surface area contributed by atoms with E-state index in [1.165, 1.54) is 5.69 Å². The van der Waals surface area contributed by atoms with Crippen molar-refractivity contribution in [3.63, 3.8) is 0 Å². The summed E-state index contributed by atoms with van der Waals surface area (Å²) < 4.78 is 2.03. The minimum absolute atomic E-state index is 0.0584. The van der Waals surface area contributed by atoms with Crippen LogP contribution in [0.15, 0.2) is 18.3 Å². The van der Waals surface area contributed by atoms with Crippen LogP contribution in [0.5, 0.6) is 0 Å². The zero-order valence-electron chi connectivity index (χ0n) is 11.3. The smallest absolute Gasteiger partial charge is 0.222 e. The Morgan fingerprint density at radius 2 is 2.05 bits per heavy atom. The highest BCUT2D eigenvalue weighted by molar-refractivity contribution is 5.79.